The quantitative estimate of drug-likeness (QED) is 0.296. The first kappa shape index (κ1) is 22.5. The van der Waals surface area contributed by atoms with Gasteiger partial charge in [0.15, 0.2) is 11.5 Å². The molecule has 0 radical (unpaired) electrons. The topological polar surface area (TPSA) is 40.0 Å². The summed E-state index contributed by atoms with van der Waals surface area (Å²) < 4.78 is 17.7. The van der Waals surface area contributed by atoms with Crippen LogP contribution in [0.4, 0.5) is 5.69 Å². The zero-order valence-electron chi connectivity index (χ0n) is 16.5. The van der Waals surface area contributed by atoms with Crippen molar-refractivity contribution < 1.29 is 14.2 Å². The Morgan fingerprint density at radius 3 is 2.43 bits per heavy atom. The standard InChI is InChI=1S/C23H20BrCl2NO3/c1-3-29-19-8-6-18(7-9-19)27-13-15-10-20(24)23(22(11-15)28-2)30-14-16-4-5-17(25)12-21(16)26/h4-13H,3,14H2,1-2H3. The van der Waals surface area contributed by atoms with E-state index in [2.05, 4.69) is 20.9 Å². The summed E-state index contributed by atoms with van der Waals surface area (Å²) in [7, 11) is 1.59. The molecule has 156 valence electrons. The Balaban J connectivity index is 1.76. The van der Waals surface area contributed by atoms with Crippen LogP contribution in [-0.2, 0) is 6.61 Å². The van der Waals surface area contributed by atoms with Crippen molar-refractivity contribution in [3.63, 3.8) is 0 Å². The van der Waals surface area contributed by atoms with E-state index < -0.39 is 0 Å². The van der Waals surface area contributed by atoms with Crippen molar-refractivity contribution in [1.29, 1.82) is 0 Å². The maximum atomic E-state index is 6.23. The molecule has 0 amide bonds. The zero-order chi connectivity index (χ0) is 21.5. The van der Waals surface area contributed by atoms with Gasteiger partial charge in [-0.2, -0.15) is 0 Å². The fraction of sp³-hybridized carbons (Fsp3) is 0.174. The minimum absolute atomic E-state index is 0.282. The lowest BCUT2D eigenvalue weighted by Crippen LogP contribution is -2.00. The van der Waals surface area contributed by atoms with Crippen molar-refractivity contribution in [1.82, 2.24) is 0 Å². The third kappa shape index (κ3) is 5.91. The van der Waals surface area contributed by atoms with Gasteiger partial charge in [0.25, 0.3) is 0 Å². The molecule has 0 bridgehead atoms. The highest BCUT2D eigenvalue weighted by atomic mass is 79.9. The molecule has 30 heavy (non-hydrogen) atoms. The summed E-state index contributed by atoms with van der Waals surface area (Å²) >= 11 is 15.7. The number of hydrogen-bond acceptors (Lipinski definition) is 4. The number of benzene rings is 3. The molecule has 0 aliphatic rings. The van der Waals surface area contributed by atoms with Crippen molar-refractivity contribution in [2.75, 3.05) is 13.7 Å². The Morgan fingerprint density at radius 1 is 1.00 bits per heavy atom. The summed E-state index contributed by atoms with van der Waals surface area (Å²) in [5.74, 6) is 1.99. The fourth-order valence-electron chi connectivity index (χ4n) is 2.69. The van der Waals surface area contributed by atoms with Crippen LogP contribution in [-0.4, -0.2) is 19.9 Å². The third-order valence-corrected chi connectivity index (χ3v) is 5.33. The van der Waals surface area contributed by atoms with Gasteiger partial charge >= 0.3 is 0 Å². The van der Waals surface area contributed by atoms with Crippen molar-refractivity contribution in [2.24, 2.45) is 4.99 Å². The number of aliphatic imine (C=N–C) groups is 1. The highest BCUT2D eigenvalue weighted by molar-refractivity contribution is 9.10. The van der Waals surface area contributed by atoms with E-state index in [1.807, 2.05) is 49.4 Å². The Labute approximate surface area is 194 Å². The normalized spacial score (nSPS) is 11.0. The first-order valence-corrected chi connectivity index (χ1v) is 10.8. The van der Waals surface area contributed by atoms with Crippen LogP contribution in [0.5, 0.6) is 17.2 Å². The second kappa shape index (κ2) is 10.7. The zero-order valence-corrected chi connectivity index (χ0v) is 19.6. The molecule has 0 unspecified atom stereocenters. The van der Waals surface area contributed by atoms with Gasteiger partial charge in [-0.3, -0.25) is 4.99 Å². The number of nitrogens with zero attached hydrogens (tertiary/aromatic N) is 1. The highest BCUT2D eigenvalue weighted by Crippen LogP contribution is 2.37. The number of halogens is 3. The van der Waals surface area contributed by atoms with E-state index in [1.54, 1.807) is 25.5 Å². The highest BCUT2D eigenvalue weighted by Gasteiger charge is 2.12. The van der Waals surface area contributed by atoms with E-state index in [9.17, 15) is 0 Å². The smallest absolute Gasteiger partial charge is 0.175 e. The fourth-order valence-corrected chi connectivity index (χ4v) is 3.72. The number of hydrogen-bond donors (Lipinski definition) is 0. The van der Waals surface area contributed by atoms with Crippen LogP contribution in [0.3, 0.4) is 0 Å². The predicted molar refractivity (Wildman–Crippen MR) is 126 cm³/mol. The molecule has 0 saturated carbocycles. The van der Waals surface area contributed by atoms with Crippen molar-refractivity contribution in [2.45, 2.75) is 13.5 Å². The van der Waals surface area contributed by atoms with E-state index in [0.717, 1.165) is 27.0 Å². The average Bonchev–Trinajstić information content (AvgIpc) is 2.73. The summed E-state index contributed by atoms with van der Waals surface area (Å²) in [6, 6.07) is 16.7. The molecule has 7 heteroatoms. The van der Waals surface area contributed by atoms with Gasteiger partial charge in [-0.25, -0.2) is 0 Å². The predicted octanol–water partition coefficient (Wildman–Crippen LogP) is 7.49. The van der Waals surface area contributed by atoms with E-state index >= 15 is 0 Å². The summed E-state index contributed by atoms with van der Waals surface area (Å²) in [5.41, 5.74) is 2.52. The maximum absolute atomic E-state index is 6.23. The van der Waals surface area contributed by atoms with Gasteiger partial charge in [0.2, 0.25) is 0 Å². The number of methoxy groups -OCH3 is 1. The molecule has 3 aromatic rings. The van der Waals surface area contributed by atoms with Gasteiger partial charge < -0.3 is 14.2 Å². The van der Waals surface area contributed by atoms with Crippen LogP contribution in [0.2, 0.25) is 10.0 Å². The van der Waals surface area contributed by atoms with Crippen molar-refractivity contribution in [3.8, 4) is 17.2 Å². The molecule has 0 atom stereocenters. The number of rotatable bonds is 8. The average molecular weight is 509 g/mol. The molecule has 0 spiro atoms. The first-order chi connectivity index (χ1) is 14.5. The van der Waals surface area contributed by atoms with Gasteiger partial charge in [0, 0.05) is 21.8 Å². The van der Waals surface area contributed by atoms with E-state index in [0.29, 0.717) is 28.2 Å². The summed E-state index contributed by atoms with van der Waals surface area (Å²) in [4.78, 5) is 4.51. The van der Waals surface area contributed by atoms with Gasteiger partial charge in [-0.1, -0.05) is 29.3 Å². The molecule has 0 aliphatic carbocycles. The molecular formula is C23H20BrCl2NO3. The van der Waals surface area contributed by atoms with Crippen molar-refractivity contribution in [3.05, 3.63) is 80.2 Å². The van der Waals surface area contributed by atoms with Gasteiger partial charge in [-0.15, -0.1) is 0 Å². The van der Waals surface area contributed by atoms with Gasteiger partial charge in [0.1, 0.15) is 12.4 Å². The summed E-state index contributed by atoms with van der Waals surface area (Å²) in [6.45, 7) is 2.87. The van der Waals surface area contributed by atoms with Gasteiger partial charge in [-0.05, 0) is 76.9 Å². The SMILES string of the molecule is CCOc1ccc(N=Cc2cc(Br)c(OCc3ccc(Cl)cc3Cl)c(OC)c2)cc1. The lowest BCUT2D eigenvalue weighted by Gasteiger charge is -2.14. The summed E-state index contributed by atoms with van der Waals surface area (Å²) in [5, 5.41) is 1.13. The lowest BCUT2D eigenvalue weighted by molar-refractivity contribution is 0.282. The molecule has 0 aliphatic heterocycles. The molecule has 0 aromatic heterocycles. The minimum atomic E-state index is 0.282. The molecule has 0 fully saturated rings. The molecule has 0 heterocycles. The number of ether oxygens (including phenoxy) is 3. The Bertz CT molecular complexity index is 1040. The molecule has 4 nitrogen and oxygen atoms in total. The maximum Gasteiger partial charge on any atom is 0.175 e. The Morgan fingerprint density at radius 2 is 1.77 bits per heavy atom. The van der Waals surface area contributed by atoms with Crippen LogP contribution >= 0.6 is 39.1 Å². The monoisotopic (exact) mass is 507 g/mol. The summed E-state index contributed by atoms with van der Waals surface area (Å²) in [6.07, 6.45) is 1.77. The van der Waals surface area contributed by atoms with Crippen LogP contribution < -0.4 is 14.2 Å². The third-order valence-electron chi connectivity index (χ3n) is 4.15. The van der Waals surface area contributed by atoms with Crippen LogP contribution in [0.15, 0.2) is 64.1 Å². The van der Waals surface area contributed by atoms with Gasteiger partial charge in [0.05, 0.1) is 23.9 Å². The largest absolute Gasteiger partial charge is 0.494 e. The molecular weight excluding hydrogens is 489 g/mol. The van der Waals surface area contributed by atoms with Crippen molar-refractivity contribution >= 4 is 51.0 Å². The molecule has 0 N–H and O–H groups in total. The van der Waals surface area contributed by atoms with E-state index in [4.69, 9.17) is 37.4 Å². The second-order valence-corrected chi connectivity index (χ2v) is 7.94. The molecule has 3 aromatic carbocycles. The second-order valence-electron chi connectivity index (χ2n) is 6.24. The lowest BCUT2D eigenvalue weighted by atomic mass is 10.2. The molecule has 0 saturated heterocycles. The first-order valence-electron chi connectivity index (χ1n) is 9.21. The molecule has 3 rings (SSSR count). The Hall–Kier alpha value is -2.21. The van der Waals surface area contributed by atoms with Crippen LogP contribution in [0.25, 0.3) is 0 Å². The van der Waals surface area contributed by atoms with E-state index in [-0.39, 0.29) is 6.61 Å². The van der Waals surface area contributed by atoms with E-state index in [1.165, 1.54) is 0 Å². The van der Waals surface area contributed by atoms with Crippen LogP contribution in [0.1, 0.15) is 18.1 Å². The minimum Gasteiger partial charge on any atom is -0.494 e. The Kier molecular flexibility index (Phi) is 8.02. The van der Waals surface area contributed by atoms with Crippen LogP contribution in [0, 0.1) is 0 Å².